The van der Waals surface area contributed by atoms with Crippen molar-refractivity contribution in [2.24, 2.45) is 0 Å². The smallest absolute Gasteiger partial charge is 0.156 e. The van der Waals surface area contributed by atoms with Crippen LogP contribution in [0.2, 0.25) is 0 Å². The summed E-state index contributed by atoms with van der Waals surface area (Å²) in [6.45, 7) is 10.5. The van der Waals surface area contributed by atoms with E-state index in [-0.39, 0.29) is 0 Å². The van der Waals surface area contributed by atoms with Gasteiger partial charge in [-0.25, -0.2) is 4.98 Å². The Hall–Kier alpha value is -3.92. The molecule has 0 radical (unpaired) electrons. The Balaban J connectivity index is 1.80. The molecule has 3 aromatic heterocycles. The normalized spacial score (nSPS) is 11.8. The first-order chi connectivity index (χ1) is 15.9. The Labute approximate surface area is 192 Å². The molecule has 0 N–H and O–H groups in total. The fourth-order valence-corrected chi connectivity index (χ4v) is 5.10. The number of nitrogens with zero attached hydrogens (tertiary/aromatic N) is 3. The highest BCUT2D eigenvalue weighted by Crippen LogP contribution is 2.41. The maximum absolute atomic E-state index is 6.54. The van der Waals surface area contributed by atoms with Crippen LogP contribution in [0.1, 0.15) is 28.1 Å². The fraction of sp³-hybridized carbons (Fsp3) is 0.172. The molecular weight excluding hydrogens is 406 g/mol. The summed E-state index contributed by atoms with van der Waals surface area (Å²) in [7, 11) is 0. The van der Waals surface area contributed by atoms with Gasteiger partial charge in [0.15, 0.2) is 5.58 Å². The molecule has 0 saturated carbocycles. The Bertz CT molecular complexity index is 1700. The number of pyridine rings is 1. The first-order valence-electron chi connectivity index (χ1n) is 11.3. The minimum Gasteiger partial charge on any atom is -0.453 e. The van der Waals surface area contributed by atoms with Gasteiger partial charge in [0, 0.05) is 16.5 Å². The Morgan fingerprint density at radius 3 is 2.24 bits per heavy atom. The number of rotatable bonds is 2. The Morgan fingerprint density at radius 2 is 1.45 bits per heavy atom. The van der Waals surface area contributed by atoms with Crippen LogP contribution in [-0.4, -0.2) is 14.5 Å². The number of fused-ring (bicyclic) bond motifs is 4. The molecule has 0 aliphatic rings. The molecular formula is C29H25N3O. The lowest BCUT2D eigenvalue weighted by molar-refractivity contribution is 0.662. The molecule has 6 aromatic rings. The van der Waals surface area contributed by atoms with Crippen LogP contribution < -0.4 is 0 Å². The van der Waals surface area contributed by atoms with E-state index < -0.39 is 0 Å². The molecule has 0 saturated heterocycles. The molecule has 33 heavy (non-hydrogen) atoms. The largest absolute Gasteiger partial charge is 0.453 e. The molecule has 3 heterocycles. The molecule has 0 aliphatic carbocycles. The molecule has 0 unspecified atom stereocenters. The van der Waals surface area contributed by atoms with Crippen molar-refractivity contribution < 1.29 is 4.42 Å². The minimum absolute atomic E-state index is 0.845. The van der Waals surface area contributed by atoms with Crippen LogP contribution in [-0.2, 0) is 0 Å². The number of hydrogen-bond acceptors (Lipinski definition) is 3. The summed E-state index contributed by atoms with van der Waals surface area (Å²) in [5, 5.41) is 2.20. The molecule has 4 heteroatoms. The third-order valence-electron chi connectivity index (χ3n) is 6.58. The summed E-state index contributed by atoms with van der Waals surface area (Å²) in [6.07, 6.45) is 0. The van der Waals surface area contributed by atoms with Crippen LogP contribution in [0.3, 0.4) is 0 Å². The zero-order chi connectivity index (χ0) is 22.9. The van der Waals surface area contributed by atoms with Crippen molar-refractivity contribution in [1.29, 1.82) is 0 Å². The Morgan fingerprint density at radius 1 is 0.697 bits per heavy atom. The predicted octanol–water partition coefficient (Wildman–Crippen LogP) is 7.53. The first-order valence-corrected chi connectivity index (χ1v) is 11.3. The van der Waals surface area contributed by atoms with Crippen molar-refractivity contribution in [2.45, 2.75) is 34.6 Å². The van der Waals surface area contributed by atoms with Crippen LogP contribution >= 0.6 is 0 Å². The number of para-hydroxylation sites is 3. The van der Waals surface area contributed by atoms with Crippen molar-refractivity contribution in [2.75, 3.05) is 0 Å². The van der Waals surface area contributed by atoms with E-state index in [1.165, 1.54) is 16.8 Å². The van der Waals surface area contributed by atoms with E-state index in [0.29, 0.717) is 0 Å². The van der Waals surface area contributed by atoms with E-state index in [9.17, 15) is 0 Å². The van der Waals surface area contributed by atoms with E-state index >= 15 is 0 Å². The summed E-state index contributed by atoms with van der Waals surface area (Å²) < 4.78 is 8.83. The van der Waals surface area contributed by atoms with Crippen molar-refractivity contribution >= 4 is 33.0 Å². The van der Waals surface area contributed by atoms with E-state index in [2.05, 4.69) is 84.9 Å². The molecule has 6 rings (SSSR count). The van der Waals surface area contributed by atoms with Gasteiger partial charge in [0.1, 0.15) is 11.4 Å². The number of benzene rings is 3. The van der Waals surface area contributed by atoms with Crippen molar-refractivity contribution in [3.05, 3.63) is 88.7 Å². The maximum atomic E-state index is 6.54. The first kappa shape index (κ1) is 19.7. The van der Waals surface area contributed by atoms with E-state index in [0.717, 1.165) is 61.3 Å². The molecule has 3 aromatic carbocycles. The minimum atomic E-state index is 0.845. The lowest BCUT2D eigenvalue weighted by Gasteiger charge is -2.16. The third kappa shape index (κ3) is 2.83. The fourth-order valence-electron chi connectivity index (χ4n) is 5.10. The van der Waals surface area contributed by atoms with Crippen LogP contribution in [0.4, 0.5) is 0 Å². The molecule has 0 bridgehead atoms. The van der Waals surface area contributed by atoms with Crippen molar-refractivity contribution in [1.82, 2.24) is 14.5 Å². The van der Waals surface area contributed by atoms with Crippen LogP contribution in [0.25, 0.3) is 50.0 Å². The quantitative estimate of drug-likeness (QED) is 0.285. The number of hydrogen-bond donors (Lipinski definition) is 0. The summed E-state index contributed by atoms with van der Waals surface area (Å²) in [6, 6.07) is 21.2. The van der Waals surface area contributed by atoms with Gasteiger partial charge in [-0.2, -0.15) is 0 Å². The summed E-state index contributed by atoms with van der Waals surface area (Å²) in [5.41, 5.74) is 11.4. The van der Waals surface area contributed by atoms with Gasteiger partial charge in [0.25, 0.3) is 0 Å². The number of aromatic nitrogens is 3. The van der Waals surface area contributed by atoms with E-state index in [1.807, 2.05) is 19.9 Å². The number of furan rings is 1. The second-order valence-corrected chi connectivity index (χ2v) is 8.96. The number of imidazole rings is 1. The van der Waals surface area contributed by atoms with E-state index in [1.54, 1.807) is 0 Å². The maximum Gasteiger partial charge on any atom is 0.156 e. The van der Waals surface area contributed by atoms with Crippen LogP contribution in [0.15, 0.2) is 65.1 Å². The lowest BCUT2D eigenvalue weighted by Crippen LogP contribution is -2.03. The summed E-state index contributed by atoms with van der Waals surface area (Å²) >= 11 is 0. The average molecular weight is 432 g/mol. The van der Waals surface area contributed by atoms with Crippen LogP contribution in [0, 0.1) is 34.6 Å². The second kappa shape index (κ2) is 7.04. The standard InChI is InChI=1S/C29H25N3O/c1-16-13-14-21-22-15-19(4)30-20(5)27(22)33-28(21)25(16)29-31-23-11-6-7-12-24(23)32(29)26-17(2)9-8-10-18(26)3/h6-15H,1-5H3. The van der Waals surface area contributed by atoms with Gasteiger partial charge in [0.2, 0.25) is 0 Å². The highest BCUT2D eigenvalue weighted by Gasteiger charge is 2.23. The SMILES string of the molecule is Cc1cc2c(oc3c(-c4nc5ccccc5n4-c4c(C)cccc4C)c(C)ccc32)c(C)n1. The summed E-state index contributed by atoms with van der Waals surface area (Å²) in [4.78, 5) is 9.78. The highest BCUT2D eigenvalue weighted by molar-refractivity contribution is 6.10. The van der Waals surface area contributed by atoms with Crippen molar-refractivity contribution in [3.8, 4) is 17.1 Å². The van der Waals surface area contributed by atoms with Gasteiger partial charge in [-0.15, -0.1) is 0 Å². The monoisotopic (exact) mass is 431 g/mol. The molecule has 0 aliphatic heterocycles. The highest BCUT2D eigenvalue weighted by atomic mass is 16.3. The average Bonchev–Trinajstić information content (AvgIpc) is 3.33. The molecule has 0 fully saturated rings. The van der Waals surface area contributed by atoms with Crippen molar-refractivity contribution in [3.63, 3.8) is 0 Å². The van der Waals surface area contributed by atoms with Gasteiger partial charge in [0.05, 0.1) is 28.0 Å². The predicted molar refractivity (Wildman–Crippen MR) is 135 cm³/mol. The van der Waals surface area contributed by atoms with E-state index in [4.69, 9.17) is 9.40 Å². The third-order valence-corrected chi connectivity index (χ3v) is 6.58. The van der Waals surface area contributed by atoms with Gasteiger partial charge in [-0.1, -0.05) is 42.5 Å². The van der Waals surface area contributed by atoms with Gasteiger partial charge in [-0.05, 0) is 69.5 Å². The molecule has 4 nitrogen and oxygen atoms in total. The van der Waals surface area contributed by atoms with Crippen LogP contribution in [0.5, 0.6) is 0 Å². The lowest BCUT2D eigenvalue weighted by atomic mass is 10.0. The van der Waals surface area contributed by atoms with Gasteiger partial charge in [-0.3, -0.25) is 9.55 Å². The number of aryl methyl sites for hydroxylation is 5. The molecule has 0 amide bonds. The van der Waals surface area contributed by atoms with Gasteiger partial charge < -0.3 is 4.42 Å². The molecule has 0 atom stereocenters. The second-order valence-electron chi connectivity index (χ2n) is 8.96. The zero-order valence-electron chi connectivity index (χ0n) is 19.5. The molecule has 162 valence electrons. The van der Waals surface area contributed by atoms with Gasteiger partial charge >= 0.3 is 0 Å². The molecule has 0 spiro atoms. The Kier molecular flexibility index (Phi) is 4.21. The summed E-state index contributed by atoms with van der Waals surface area (Å²) in [5.74, 6) is 0.901. The topological polar surface area (TPSA) is 43.9 Å². The zero-order valence-corrected chi connectivity index (χ0v) is 19.5.